The van der Waals surface area contributed by atoms with Crippen LogP contribution in [0.2, 0.25) is 0 Å². The molecule has 17 nitrogen and oxygen atoms in total. The minimum atomic E-state index is -4.95. The number of aliphatic hydroxyl groups excluding tert-OH is 1. The number of phosphoric acid groups is 2. The van der Waals surface area contributed by atoms with Gasteiger partial charge in [-0.25, -0.2) is 9.13 Å². The number of rotatable bonds is 69. The molecule has 19 heteroatoms. The molecule has 5 unspecified atom stereocenters. The third kappa shape index (κ3) is 63.9. The monoisotopic (exact) mass is 1340 g/mol. The molecule has 0 spiro atoms. The van der Waals surface area contributed by atoms with Gasteiger partial charge in [-0.05, 0) is 49.4 Å². The molecule has 0 aliphatic heterocycles. The first kappa shape index (κ1) is 89.1. The summed E-state index contributed by atoms with van der Waals surface area (Å²) in [6.07, 6.45) is 44.5. The molecule has 0 rings (SSSR count). The molecular formula is C72H140O17P2. The molecule has 91 heavy (non-hydrogen) atoms. The molecule has 0 radical (unpaired) electrons. The van der Waals surface area contributed by atoms with Crippen molar-refractivity contribution in [2.75, 3.05) is 39.6 Å². The number of esters is 4. The molecule has 7 atom stereocenters. The lowest BCUT2D eigenvalue weighted by Gasteiger charge is -2.21. The number of aliphatic hydroxyl groups is 1. The predicted octanol–water partition coefficient (Wildman–Crippen LogP) is 20.5. The number of carbonyl (C=O) groups excluding carboxylic acids is 4. The summed E-state index contributed by atoms with van der Waals surface area (Å²) < 4.78 is 68.3. The lowest BCUT2D eigenvalue weighted by atomic mass is 9.99. The highest BCUT2D eigenvalue weighted by atomic mass is 31.2. The average Bonchev–Trinajstić information content (AvgIpc) is 2.90. The number of carbonyl (C=O) groups is 4. The second-order valence-electron chi connectivity index (χ2n) is 27.4. The lowest BCUT2D eigenvalue weighted by molar-refractivity contribution is -0.161. The summed E-state index contributed by atoms with van der Waals surface area (Å²) in [5.74, 6) is 0.903. The van der Waals surface area contributed by atoms with Crippen molar-refractivity contribution in [3.63, 3.8) is 0 Å². The topological polar surface area (TPSA) is 237 Å². The van der Waals surface area contributed by atoms with Gasteiger partial charge < -0.3 is 33.8 Å². The Balaban J connectivity index is 5.22. The Morgan fingerprint density at radius 1 is 0.308 bits per heavy atom. The van der Waals surface area contributed by atoms with Crippen LogP contribution in [0.5, 0.6) is 0 Å². The summed E-state index contributed by atoms with van der Waals surface area (Å²) in [7, 11) is -9.90. The third-order valence-corrected chi connectivity index (χ3v) is 19.2. The fraction of sp³-hybridized carbons (Fsp3) is 0.944. The van der Waals surface area contributed by atoms with Crippen LogP contribution in [0, 0.1) is 23.7 Å². The fourth-order valence-electron chi connectivity index (χ4n) is 10.8. The molecular weight excluding hydrogens is 1200 g/mol. The van der Waals surface area contributed by atoms with E-state index in [-0.39, 0.29) is 25.7 Å². The largest absolute Gasteiger partial charge is 0.472 e. The van der Waals surface area contributed by atoms with Crippen molar-refractivity contribution < 1.29 is 80.2 Å². The molecule has 0 fully saturated rings. The van der Waals surface area contributed by atoms with E-state index in [0.29, 0.717) is 25.7 Å². The molecule has 0 saturated heterocycles. The standard InChI is InChI=1S/C72H140O17P2/c1-9-64(7)50-42-34-26-19-15-13-11-12-14-16-20-27-36-44-52-69(74)82-58-67(88-71(76)54-46-38-29-21-17-18-24-32-40-48-62(3)4)60-86-90(78,79)84-56-66(73)57-85-91(80,81)87-61-68(89-72(77)55-47-39-31-30-35-43-51-65(8)10-2)59-83-70(75)53-45-37-28-23-22-25-33-41-49-63(5)6/h62-68,73H,9-61H2,1-8H3,(H,78,79)(H,80,81)/t64?,65?,66?,67-,68-/m1/s1. The number of hydrogen-bond acceptors (Lipinski definition) is 15. The van der Waals surface area contributed by atoms with Gasteiger partial charge in [0.05, 0.1) is 26.4 Å². The van der Waals surface area contributed by atoms with Gasteiger partial charge in [-0.1, -0.05) is 306 Å². The maximum absolute atomic E-state index is 13.0. The fourth-order valence-corrected chi connectivity index (χ4v) is 12.4. The van der Waals surface area contributed by atoms with E-state index in [1.54, 1.807) is 0 Å². The van der Waals surface area contributed by atoms with Crippen LogP contribution >= 0.6 is 15.6 Å². The zero-order valence-corrected chi connectivity index (χ0v) is 61.3. The predicted molar refractivity (Wildman–Crippen MR) is 367 cm³/mol. The van der Waals surface area contributed by atoms with Crippen molar-refractivity contribution >= 4 is 39.5 Å². The van der Waals surface area contributed by atoms with E-state index in [1.807, 2.05) is 0 Å². The van der Waals surface area contributed by atoms with Gasteiger partial charge in [-0.2, -0.15) is 0 Å². The Kier molecular flexibility index (Phi) is 60.3. The van der Waals surface area contributed by atoms with Gasteiger partial charge in [-0.15, -0.1) is 0 Å². The zero-order valence-electron chi connectivity index (χ0n) is 59.5. The third-order valence-electron chi connectivity index (χ3n) is 17.3. The van der Waals surface area contributed by atoms with E-state index < -0.39 is 97.5 Å². The first-order valence-electron chi connectivity index (χ1n) is 37.3. The molecule has 0 heterocycles. The van der Waals surface area contributed by atoms with E-state index in [0.717, 1.165) is 114 Å². The van der Waals surface area contributed by atoms with E-state index in [9.17, 15) is 43.2 Å². The number of ether oxygens (including phenoxy) is 4. The van der Waals surface area contributed by atoms with Crippen molar-refractivity contribution in [1.29, 1.82) is 0 Å². The highest BCUT2D eigenvalue weighted by Gasteiger charge is 2.30. The normalized spacial score (nSPS) is 14.8. The van der Waals surface area contributed by atoms with Crippen LogP contribution in [0.1, 0.15) is 357 Å². The van der Waals surface area contributed by atoms with E-state index in [1.165, 1.54) is 161 Å². The Labute approximate surface area is 556 Å². The highest BCUT2D eigenvalue weighted by Crippen LogP contribution is 2.45. The second-order valence-corrected chi connectivity index (χ2v) is 30.3. The van der Waals surface area contributed by atoms with Crippen LogP contribution in [-0.2, 0) is 65.4 Å². The minimum absolute atomic E-state index is 0.102. The minimum Gasteiger partial charge on any atom is -0.462 e. The summed E-state index contributed by atoms with van der Waals surface area (Å²) in [6.45, 7) is 14.1. The molecule has 0 aliphatic carbocycles. The molecule has 0 bridgehead atoms. The second kappa shape index (κ2) is 61.6. The summed E-state index contributed by atoms with van der Waals surface area (Å²) in [5.41, 5.74) is 0. The molecule has 540 valence electrons. The summed E-state index contributed by atoms with van der Waals surface area (Å²) in [4.78, 5) is 72.6. The molecule has 0 amide bonds. The maximum Gasteiger partial charge on any atom is 0.472 e. The van der Waals surface area contributed by atoms with Crippen molar-refractivity contribution in [2.24, 2.45) is 23.7 Å². The Hall–Kier alpha value is -1.94. The van der Waals surface area contributed by atoms with Crippen LogP contribution in [0.3, 0.4) is 0 Å². The molecule has 3 N–H and O–H groups in total. The molecule has 0 saturated carbocycles. The van der Waals surface area contributed by atoms with Gasteiger partial charge in [0.25, 0.3) is 0 Å². The van der Waals surface area contributed by atoms with Crippen LogP contribution in [-0.4, -0.2) is 96.7 Å². The number of phosphoric ester groups is 2. The molecule has 0 aromatic heterocycles. The molecule has 0 aliphatic rings. The van der Waals surface area contributed by atoms with Gasteiger partial charge in [0.15, 0.2) is 12.2 Å². The van der Waals surface area contributed by atoms with Crippen molar-refractivity contribution in [1.82, 2.24) is 0 Å². The Bertz CT molecular complexity index is 1800. The highest BCUT2D eigenvalue weighted by molar-refractivity contribution is 7.47. The van der Waals surface area contributed by atoms with Crippen LogP contribution in [0.25, 0.3) is 0 Å². The van der Waals surface area contributed by atoms with Gasteiger partial charge in [0, 0.05) is 25.7 Å². The van der Waals surface area contributed by atoms with Crippen LogP contribution in [0.4, 0.5) is 0 Å². The van der Waals surface area contributed by atoms with E-state index >= 15 is 0 Å². The lowest BCUT2D eigenvalue weighted by Crippen LogP contribution is -2.30. The molecule has 0 aromatic carbocycles. The van der Waals surface area contributed by atoms with Gasteiger partial charge >= 0.3 is 39.5 Å². The van der Waals surface area contributed by atoms with Crippen LogP contribution in [0.15, 0.2) is 0 Å². The smallest absolute Gasteiger partial charge is 0.462 e. The van der Waals surface area contributed by atoms with Crippen molar-refractivity contribution in [3.8, 4) is 0 Å². The van der Waals surface area contributed by atoms with Crippen molar-refractivity contribution in [2.45, 2.75) is 375 Å². The summed E-state index contributed by atoms with van der Waals surface area (Å²) in [5, 5.41) is 10.6. The first-order chi connectivity index (χ1) is 43.7. The average molecular weight is 1340 g/mol. The van der Waals surface area contributed by atoms with Crippen LogP contribution < -0.4 is 0 Å². The SMILES string of the molecule is CCC(C)CCCCCCCCCCCCCCCCC(=O)OC[C@H](COP(=O)(O)OCC(O)COP(=O)(O)OC[C@@H](COC(=O)CCCCCCCCCCC(C)C)OC(=O)CCCCCCCCC(C)CC)OC(=O)CCCCCCCCCCCC(C)C. The first-order valence-corrected chi connectivity index (χ1v) is 40.3. The quantitative estimate of drug-likeness (QED) is 0.0222. The van der Waals surface area contributed by atoms with Gasteiger partial charge in [0.2, 0.25) is 0 Å². The zero-order chi connectivity index (χ0) is 67.5. The van der Waals surface area contributed by atoms with Gasteiger partial charge in [-0.3, -0.25) is 37.3 Å². The maximum atomic E-state index is 13.0. The van der Waals surface area contributed by atoms with Gasteiger partial charge in [0.1, 0.15) is 19.3 Å². The van der Waals surface area contributed by atoms with Crippen molar-refractivity contribution in [3.05, 3.63) is 0 Å². The summed E-state index contributed by atoms with van der Waals surface area (Å²) >= 11 is 0. The Morgan fingerprint density at radius 3 is 0.780 bits per heavy atom. The molecule has 0 aromatic rings. The van der Waals surface area contributed by atoms with E-state index in [4.69, 9.17) is 37.0 Å². The summed E-state index contributed by atoms with van der Waals surface area (Å²) in [6, 6.07) is 0. The number of hydrogen-bond donors (Lipinski definition) is 3. The Morgan fingerprint density at radius 2 is 0.527 bits per heavy atom. The van der Waals surface area contributed by atoms with E-state index in [2.05, 4.69) is 55.4 Å². The number of unbranched alkanes of at least 4 members (excludes halogenated alkanes) is 33.